The Morgan fingerprint density at radius 3 is 2.90 bits per heavy atom. The topological polar surface area (TPSA) is 91.0 Å². The van der Waals surface area contributed by atoms with E-state index in [0.29, 0.717) is 24.3 Å². The van der Waals surface area contributed by atoms with Gasteiger partial charge in [0.2, 0.25) is 12.4 Å². The second-order valence-electron chi connectivity index (χ2n) is 7.87. The summed E-state index contributed by atoms with van der Waals surface area (Å²) in [6, 6.07) is 8.02. The lowest BCUT2D eigenvalue weighted by molar-refractivity contribution is -0.105. The second kappa shape index (κ2) is 8.51. The minimum Gasteiger partial charge on any atom is -0.386 e. The van der Waals surface area contributed by atoms with Gasteiger partial charge < -0.3 is 21.3 Å². The fraction of sp³-hybridized carbons (Fsp3) is 0.409. The molecule has 2 aliphatic rings. The summed E-state index contributed by atoms with van der Waals surface area (Å²) in [5.74, 6) is 2.85. The number of nitrogens with one attached hydrogen (secondary N) is 4. The van der Waals surface area contributed by atoms with Gasteiger partial charge in [-0.3, -0.25) is 4.79 Å². The van der Waals surface area contributed by atoms with Crippen molar-refractivity contribution in [2.24, 2.45) is 11.8 Å². The summed E-state index contributed by atoms with van der Waals surface area (Å²) in [6.45, 7) is 2.28. The summed E-state index contributed by atoms with van der Waals surface area (Å²) >= 11 is 0. The van der Waals surface area contributed by atoms with E-state index in [1.165, 1.54) is 19.3 Å². The van der Waals surface area contributed by atoms with E-state index in [-0.39, 0.29) is 0 Å². The Labute approximate surface area is 171 Å². The lowest BCUT2D eigenvalue weighted by Crippen LogP contribution is -2.37. The molecule has 2 aromatic rings. The van der Waals surface area contributed by atoms with Gasteiger partial charge in [-0.2, -0.15) is 4.98 Å². The van der Waals surface area contributed by atoms with Crippen molar-refractivity contribution in [3.8, 4) is 0 Å². The largest absolute Gasteiger partial charge is 0.386 e. The predicted octanol–water partition coefficient (Wildman–Crippen LogP) is 4.38. The van der Waals surface area contributed by atoms with Crippen molar-refractivity contribution in [1.82, 2.24) is 9.97 Å². The fourth-order valence-corrected chi connectivity index (χ4v) is 4.47. The number of allylic oxidation sites excluding steroid dienone is 2. The average Bonchev–Trinajstić information content (AvgIpc) is 2.74. The Morgan fingerprint density at radius 1 is 1.17 bits per heavy atom. The van der Waals surface area contributed by atoms with Crippen LogP contribution in [-0.4, -0.2) is 29.5 Å². The summed E-state index contributed by atoms with van der Waals surface area (Å²) in [4.78, 5) is 19.7. The Balaban J connectivity index is 1.45. The number of aromatic nitrogens is 2. The van der Waals surface area contributed by atoms with Crippen LogP contribution in [0.1, 0.15) is 32.6 Å². The maximum absolute atomic E-state index is 10.7. The van der Waals surface area contributed by atoms with Gasteiger partial charge >= 0.3 is 0 Å². The number of benzene rings is 1. The van der Waals surface area contributed by atoms with Crippen LogP contribution in [0.15, 0.2) is 42.1 Å². The van der Waals surface area contributed by atoms with Gasteiger partial charge in [-0.05, 0) is 68.7 Å². The van der Waals surface area contributed by atoms with Crippen LogP contribution in [0.5, 0.6) is 0 Å². The van der Waals surface area contributed by atoms with Crippen molar-refractivity contribution in [2.45, 2.75) is 38.6 Å². The van der Waals surface area contributed by atoms with Crippen LogP contribution in [0.25, 0.3) is 0 Å². The van der Waals surface area contributed by atoms with E-state index in [2.05, 4.69) is 44.2 Å². The zero-order valence-electron chi connectivity index (χ0n) is 16.9. The standard InChI is InChI=1S/C22H28N6O/c1-14-3-4-16-11-15(14)5-7-18(16)27-21-9-10-24-22(28-21)26-17-6-8-19(25-13-29)20(12-17)23-2/h3,6,8-10,12-13,15-16,18,23H,4-5,7,11H2,1-2H3,(H,25,29)(H2,24,26,27,28). The first-order chi connectivity index (χ1) is 14.2. The number of hydrogen-bond donors (Lipinski definition) is 4. The Bertz CT molecular complexity index is 912. The number of nitrogens with zero attached hydrogens (tertiary/aromatic N) is 2. The van der Waals surface area contributed by atoms with Crippen molar-refractivity contribution in [1.29, 1.82) is 0 Å². The van der Waals surface area contributed by atoms with Gasteiger partial charge in [0, 0.05) is 25.0 Å². The van der Waals surface area contributed by atoms with Crippen molar-refractivity contribution in [2.75, 3.05) is 28.3 Å². The van der Waals surface area contributed by atoms with E-state index in [0.717, 1.165) is 35.2 Å². The maximum Gasteiger partial charge on any atom is 0.229 e. The quantitative estimate of drug-likeness (QED) is 0.413. The van der Waals surface area contributed by atoms with E-state index < -0.39 is 0 Å². The van der Waals surface area contributed by atoms with E-state index in [1.807, 2.05) is 31.3 Å². The van der Waals surface area contributed by atoms with Crippen LogP contribution >= 0.6 is 0 Å². The molecule has 2 bridgehead atoms. The molecule has 7 nitrogen and oxygen atoms in total. The normalized spacial score (nSPS) is 23.0. The van der Waals surface area contributed by atoms with Crippen molar-refractivity contribution >= 4 is 35.2 Å². The molecule has 1 fully saturated rings. The SMILES string of the molecule is CNc1cc(Nc2nccc(NC3CCC4CC3CC=C4C)n2)ccc1NC=O. The first-order valence-corrected chi connectivity index (χ1v) is 10.2. The van der Waals surface area contributed by atoms with Gasteiger partial charge in [0.25, 0.3) is 0 Å². The molecule has 152 valence electrons. The molecule has 1 saturated carbocycles. The Hall–Kier alpha value is -3.09. The highest BCUT2D eigenvalue weighted by Crippen LogP contribution is 2.40. The maximum atomic E-state index is 10.7. The molecule has 0 aliphatic heterocycles. The van der Waals surface area contributed by atoms with E-state index in [1.54, 1.807) is 11.8 Å². The van der Waals surface area contributed by atoms with Gasteiger partial charge in [-0.15, -0.1) is 0 Å². The number of hydrogen-bond acceptors (Lipinski definition) is 6. The summed E-state index contributed by atoms with van der Waals surface area (Å²) in [7, 11) is 1.81. The molecule has 0 spiro atoms. The molecule has 1 aromatic carbocycles. The van der Waals surface area contributed by atoms with Crippen molar-refractivity contribution in [3.05, 3.63) is 42.1 Å². The van der Waals surface area contributed by atoms with Crippen LogP contribution in [-0.2, 0) is 4.79 Å². The van der Waals surface area contributed by atoms with E-state index >= 15 is 0 Å². The number of fused-ring (bicyclic) bond motifs is 2. The lowest BCUT2D eigenvalue weighted by atomic mass is 9.70. The molecule has 0 saturated heterocycles. The molecule has 1 heterocycles. The molecule has 29 heavy (non-hydrogen) atoms. The Kier molecular flexibility index (Phi) is 5.64. The van der Waals surface area contributed by atoms with Gasteiger partial charge in [0.15, 0.2) is 0 Å². The second-order valence-corrected chi connectivity index (χ2v) is 7.87. The zero-order valence-corrected chi connectivity index (χ0v) is 16.9. The molecule has 0 radical (unpaired) electrons. The highest BCUT2D eigenvalue weighted by atomic mass is 16.1. The van der Waals surface area contributed by atoms with Gasteiger partial charge in [-0.1, -0.05) is 11.6 Å². The third-order valence-electron chi connectivity index (χ3n) is 6.12. The fourth-order valence-electron chi connectivity index (χ4n) is 4.47. The van der Waals surface area contributed by atoms with Crippen LogP contribution in [0, 0.1) is 11.8 Å². The van der Waals surface area contributed by atoms with Crippen molar-refractivity contribution < 1.29 is 4.79 Å². The van der Waals surface area contributed by atoms with Gasteiger partial charge in [-0.25, -0.2) is 4.98 Å². The number of amides is 1. The molecule has 2 aliphatic carbocycles. The third-order valence-corrected chi connectivity index (χ3v) is 6.12. The first-order valence-electron chi connectivity index (χ1n) is 10.2. The lowest BCUT2D eigenvalue weighted by Gasteiger charge is -2.40. The van der Waals surface area contributed by atoms with Gasteiger partial charge in [0.1, 0.15) is 5.82 Å². The number of rotatable bonds is 7. The molecule has 3 atom stereocenters. The van der Waals surface area contributed by atoms with E-state index in [4.69, 9.17) is 0 Å². The average molecular weight is 393 g/mol. The molecule has 1 amide bonds. The highest BCUT2D eigenvalue weighted by Gasteiger charge is 2.33. The first kappa shape index (κ1) is 19.2. The number of anilines is 5. The minimum atomic E-state index is 0.461. The monoisotopic (exact) mass is 392 g/mol. The van der Waals surface area contributed by atoms with Crippen LogP contribution in [0.2, 0.25) is 0 Å². The van der Waals surface area contributed by atoms with E-state index in [9.17, 15) is 4.79 Å². The summed E-state index contributed by atoms with van der Waals surface area (Å²) < 4.78 is 0. The molecular formula is C22H28N6O. The smallest absolute Gasteiger partial charge is 0.229 e. The summed E-state index contributed by atoms with van der Waals surface area (Å²) in [5, 5.41) is 12.6. The molecule has 4 N–H and O–H groups in total. The predicted molar refractivity (Wildman–Crippen MR) is 118 cm³/mol. The molecule has 3 unspecified atom stereocenters. The summed E-state index contributed by atoms with van der Waals surface area (Å²) in [5.41, 5.74) is 3.95. The van der Waals surface area contributed by atoms with Crippen LogP contribution < -0.4 is 21.3 Å². The molecule has 1 aromatic heterocycles. The van der Waals surface area contributed by atoms with Gasteiger partial charge in [0.05, 0.1) is 11.4 Å². The molecular weight excluding hydrogens is 364 g/mol. The zero-order chi connectivity index (χ0) is 20.2. The number of carbonyl (C=O) groups excluding carboxylic acids is 1. The van der Waals surface area contributed by atoms with Crippen molar-refractivity contribution in [3.63, 3.8) is 0 Å². The third kappa shape index (κ3) is 4.34. The highest BCUT2D eigenvalue weighted by molar-refractivity contribution is 5.83. The summed E-state index contributed by atoms with van der Waals surface area (Å²) in [6.07, 6.45) is 9.73. The number of carbonyl (C=O) groups is 1. The molecule has 4 rings (SSSR count). The minimum absolute atomic E-state index is 0.461. The van der Waals surface area contributed by atoms with Crippen LogP contribution in [0.4, 0.5) is 28.8 Å². The Morgan fingerprint density at radius 2 is 2.07 bits per heavy atom. The van der Waals surface area contributed by atoms with Crippen LogP contribution in [0.3, 0.4) is 0 Å². The molecule has 7 heteroatoms.